The number of benzene rings is 1. The zero-order valence-electron chi connectivity index (χ0n) is 6.60. The summed E-state index contributed by atoms with van der Waals surface area (Å²) in [6.45, 7) is 0.817. The molecule has 1 aromatic rings. The molecule has 1 aromatic carbocycles. The van der Waals surface area contributed by atoms with Gasteiger partial charge in [0.2, 0.25) is 0 Å². The first-order valence-electron chi connectivity index (χ1n) is 3.58. The average Bonchev–Trinajstić information content (AvgIpc) is 2.03. The summed E-state index contributed by atoms with van der Waals surface area (Å²) in [5.41, 5.74) is 0.451. The number of halogens is 3. The third-order valence-corrected chi connectivity index (χ3v) is 2.17. The van der Waals surface area contributed by atoms with E-state index in [1.807, 2.05) is 0 Å². The Kier molecular flexibility index (Phi) is 2.68. The molecule has 12 heavy (non-hydrogen) atoms. The topological polar surface area (TPSA) is 0 Å². The van der Waals surface area contributed by atoms with Gasteiger partial charge in [-0.15, -0.1) is 11.6 Å². The molecule has 0 saturated heterocycles. The third kappa shape index (κ3) is 2.18. The Morgan fingerprint density at radius 2 is 1.75 bits per heavy atom. The second-order valence-corrected chi connectivity index (χ2v) is 3.17. The normalized spacial score (nSPS) is 14.3. The Balaban J connectivity index is 2.86. The van der Waals surface area contributed by atoms with Crippen molar-refractivity contribution in [1.29, 1.82) is 0 Å². The van der Waals surface area contributed by atoms with Crippen LogP contribution in [0.5, 0.6) is 0 Å². The van der Waals surface area contributed by atoms with Gasteiger partial charge in [-0.05, 0) is 5.56 Å². The fraction of sp³-hybridized carbons (Fsp3) is 0.333. The summed E-state index contributed by atoms with van der Waals surface area (Å²) in [6, 6.07) is 8.33. The molecule has 0 heterocycles. The maximum Gasteiger partial charge on any atom is 0.265 e. The van der Waals surface area contributed by atoms with Gasteiger partial charge in [0.1, 0.15) is 5.38 Å². The highest BCUT2D eigenvalue weighted by atomic mass is 35.5. The van der Waals surface area contributed by atoms with Gasteiger partial charge in [-0.25, -0.2) is 8.78 Å². The van der Waals surface area contributed by atoms with Gasteiger partial charge in [0.15, 0.2) is 0 Å². The van der Waals surface area contributed by atoms with Gasteiger partial charge in [-0.3, -0.25) is 0 Å². The maximum atomic E-state index is 12.7. The van der Waals surface area contributed by atoms with Gasteiger partial charge in [-0.1, -0.05) is 30.3 Å². The molecule has 1 unspecified atom stereocenters. The highest BCUT2D eigenvalue weighted by molar-refractivity contribution is 6.21. The third-order valence-electron chi connectivity index (χ3n) is 1.54. The minimum atomic E-state index is -2.87. The summed E-state index contributed by atoms with van der Waals surface area (Å²) in [4.78, 5) is 0. The molecule has 0 aliphatic carbocycles. The second-order valence-electron chi connectivity index (χ2n) is 2.73. The van der Waals surface area contributed by atoms with E-state index in [2.05, 4.69) is 0 Å². The Morgan fingerprint density at radius 3 is 2.17 bits per heavy atom. The Labute approximate surface area is 75.2 Å². The van der Waals surface area contributed by atoms with Gasteiger partial charge in [0.25, 0.3) is 5.92 Å². The molecule has 0 amide bonds. The summed E-state index contributed by atoms with van der Waals surface area (Å²) >= 11 is 5.53. The molecule has 1 rings (SSSR count). The van der Waals surface area contributed by atoms with Crippen molar-refractivity contribution in [2.24, 2.45) is 0 Å². The first kappa shape index (κ1) is 9.46. The molecule has 0 nitrogen and oxygen atoms in total. The van der Waals surface area contributed by atoms with Crippen LogP contribution in [0.3, 0.4) is 0 Å². The van der Waals surface area contributed by atoms with E-state index in [-0.39, 0.29) is 0 Å². The summed E-state index contributed by atoms with van der Waals surface area (Å²) < 4.78 is 25.3. The van der Waals surface area contributed by atoms with E-state index in [0.717, 1.165) is 6.92 Å². The lowest BCUT2D eigenvalue weighted by Crippen LogP contribution is -2.17. The van der Waals surface area contributed by atoms with E-state index >= 15 is 0 Å². The van der Waals surface area contributed by atoms with Crippen LogP contribution in [-0.2, 0) is 0 Å². The first-order valence-corrected chi connectivity index (χ1v) is 4.02. The van der Waals surface area contributed by atoms with E-state index in [1.165, 1.54) is 0 Å². The molecule has 0 aliphatic heterocycles. The van der Waals surface area contributed by atoms with Crippen molar-refractivity contribution in [3.8, 4) is 0 Å². The highest BCUT2D eigenvalue weighted by Crippen LogP contribution is 2.35. The van der Waals surface area contributed by atoms with Crippen LogP contribution in [-0.4, -0.2) is 5.92 Å². The van der Waals surface area contributed by atoms with Crippen LogP contribution in [0, 0.1) is 0 Å². The van der Waals surface area contributed by atoms with Crippen LogP contribution in [0.15, 0.2) is 30.3 Å². The fourth-order valence-corrected chi connectivity index (χ4v) is 1.06. The average molecular weight is 191 g/mol. The van der Waals surface area contributed by atoms with Crippen molar-refractivity contribution in [3.63, 3.8) is 0 Å². The van der Waals surface area contributed by atoms with Crippen LogP contribution in [0.2, 0.25) is 0 Å². The molecular weight excluding hydrogens is 182 g/mol. The van der Waals surface area contributed by atoms with Crippen LogP contribution in [0.1, 0.15) is 17.9 Å². The lowest BCUT2D eigenvalue weighted by Gasteiger charge is -2.16. The van der Waals surface area contributed by atoms with Crippen molar-refractivity contribution in [1.82, 2.24) is 0 Å². The van der Waals surface area contributed by atoms with Crippen molar-refractivity contribution in [2.75, 3.05) is 0 Å². The van der Waals surface area contributed by atoms with E-state index < -0.39 is 11.3 Å². The van der Waals surface area contributed by atoms with Crippen molar-refractivity contribution in [2.45, 2.75) is 18.2 Å². The van der Waals surface area contributed by atoms with Gasteiger partial charge in [0, 0.05) is 6.92 Å². The molecule has 3 heteroatoms. The van der Waals surface area contributed by atoms with E-state index in [4.69, 9.17) is 11.6 Å². The molecule has 0 aromatic heterocycles. The smallest absolute Gasteiger partial charge is 0.205 e. The molecule has 0 spiro atoms. The zero-order valence-corrected chi connectivity index (χ0v) is 7.35. The minimum absolute atomic E-state index is 0.451. The minimum Gasteiger partial charge on any atom is -0.205 e. The van der Waals surface area contributed by atoms with E-state index in [9.17, 15) is 8.78 Å². The lowest BCUT2D eigenvalue weighted by atomic mass is 10.1. The molecule has 0 fully saturated rings. The lowest BCUT2D eigenvalue weighted by molar-refractivity contribution is 0.0169. The number of hydrogen-bond acceptors (Lipinski definition) is 0. The zero-order chi connectivity index (χ0) is 9.19. The number of hydrogen-bond donors (Lipinski definition) is 0. The van der Waals surface area contributed by atoms with Gasteiger partial charge in [0.05, 0.1) is 0 Å². The Bertz CT molecular complexity index is 240. The van der Waals surface area contributed by atoms with Gasteiger partial charge in [-0.2, -0.15) is 0 Å². The molecule has 0 aliphatic rings. The standard InChI is InChI=1S/C9H9ClF2/c1-9(11,12)8(10)7-5-3-2-4-6-7/h2-6,8H,1H3. The van der Waals surface area contributed by atoms with Gasteiger partial charge >= 0.3 is 0 Å². The summed E-state index contributed by atoms with van der Waals surface area (Å²) in [7, 11) is 0. The maximum absolute atomic E-state index is 12.7. The SMILES string of the molecule is CC(F)(F)C(Cl)c1ccccc1. The van der Waals surface area contributed by atoms with E-state index in [1.54, 1.807) is 30.3 Å². The Hall–Kier alpha value is -0.630. The fourth-order valence-electron chi connectivity index (χ4n) is 0.915. The van der Waals surface area contributed by atoms with Gasteiger partial charge < -0.3 is 0 Å². The molecule has 66 valence electrons. The predicted molar refractivity (Wildman–Crippen MR) is 45.7 cm³/mol. The van der Waals surface area contributed by atoms with Crippen molar-refractivity contribution < 1.29 is 8.78 Å². The van der Waals surface area contributed by atoms with Crippen molar-refractivity contribution in [3.05, 3.63) is 35.9 Å². The largest absolute Gasteiger partial charge is 0.265 e. The monoisotopic (exact) mass is 190 g/mol. The summed E-state index contributed by atoms with van der Waals surface area (Å²) in [6.07, 6.45) is 0. The molecule has 1 atom stereocenters. The van der Waals surface area contributed by atoms with Crippen LogP contribution in [0.25, 0.3) is 0 Å². The van der Waals surface area contributed by atoms with E-state index in [0.29, 0.717) is 5.56 Å². The van der Waals surface area contributed by atoms with Crippen LogP contribution in [0.4, 0.5) is 8.78 Å². The van der Waals surface area contributed by atoms with Crippen molar-refractivity contribution >= 4 is 11.6 Å². The number of rotatable bonds is 2. The molecule has 0 bridgehead atoms. The number of alkyl halides is 3. The predicted octanol–water partition coefficient (Wildman–Crippen LogP) is 3.62. The molecular formula is C9H9ClF2. The summed E-state index contributed by atoms with van der Waals surface area (Å²) in [5, 5.41) is -1.24. The highest BCUT2D eigenvalue weighted by Gasteiger charge is 2.33. The Morgan fingerprint density at radius 1 is 1.25 bits per heavy atom. The molecule has 0 saturated carbocycles. The first-order chi connectivity index (χ1) is 5.52. The molecule has 0 N–H and O–H groups in total. The summed E-state index contributed by atoms with van der Waals surface area (Å²) in [5.74, 6) is -2.87. The second kappa shape index (κ2) is 3.40. The van der Waals surface area contributed by atoms with Crippen LogP contribution >= 0.6 is 11.6 Å². The van der Waals surface area contributed by atoms with Crippen LogP contribution < -0.4 is 0 Å². The molecule has 0 radical (unpaired) electrons. The quantitative estimate of drug-likeness (QED) is 0.625.